The predicted molar refractivity (Wildman–Crippen MR) is 73.5 cm³/mol. The number of ether oxygens (including phenoxy) is 2. The van der Waals surface area contributed by atoms with E-state index in [4.69, 9.17) is 9.47 Å². The molecule has 0 aromatic heterocycles. The Hall–Kier alpha value is -1.55. The molecule has 4 nitrogen and oxygen atoms in total. The molecule has 19 heavy (non-hydrogen) atoms. The lowest BCUT2D eigenvalue weighted by molar-refractivity contribution is 0.0613. The molecule has 0 saturated carbocycles. The Balaban J connectivity index is 1.97. The van der Waals surface area contributed by atoms with Gasteiger partial charge in [-0.3, -0.25) is 4.79 Å². The van der Waals surface area contributed by atoms with Gasteiger partial charge in [0, 0.05) is 32.4 Å². The van der Waals surface area contributed by atoms with Crippen LogP contribution in [0.1, 0.15) is 23.2 Å². The highest BCUT2D eigenvalue weighted by atomic mass is 16.5. The van der Waals surface area contributed by atoms with Crippen LogP contribution in [-0.4, -0.2) is 44.7 Å². The molecule has 1 fully saturated rings. The van der Waals surface area contributed by atoms with Crippen molar-refractivity contribution in [1.82, 2.24) is 4.90 Å². The standard InChI is InChI=1S/C15H21NO3/c1-18-11-12-6-8-16(9-7-12)15(17)13-4-3-5-14(10-13)19-2/h3-5,10,12H,6-9,11H2,1-2H3. The molecule has 2 rings (SSSR count). The molecule has 1 aliphatic heterocycles. The van der Waals surface area contributed by atoms with E-state index < -0.39 is 0 Å². The second-order valence-electron chi connectivity index (χ2n) is 4.92. The van der Waals surface area contributed by atoms with Crippen molar-refractivity contribution in [3.63, 3.8) is 0 Å². The van der Waals surface area contributed by atoms with Crippen LogP contribution in [-0.2, 0) is 4.74 Å². The van der Waals surface area contributed by atoms with Crippen LogP contribution in [0.5, 0.6) is 5.75 Å². The average Bonchev–Trinajstić information content (AvgIpc) is 2.48. The van der Waals surface area contributed by atoms with Crippen molar-refractivity contribution in [2.24, 2.45) is 5.92 Å². The van der Waals surface area contributed by atoms with Gasteiger partial charge in [-0.05, 0) is 37.0 Å². The lowest BCUT2D eigenvalue weighted by atomic mass is 9.97. The monoisotopic (exact) mass is 263 g/mol. The second kappa shape index (κ2) is 6.57. The molecule has 1 aliphatic rings. The third-order valence-corrected chi connectivity index (χ3v) is 3.62. The van der Waals surface area contributed by atoms with E-state index in [1.807, 2.05) is 23.1 Å². The van der Waals surface area contributed by atoms with Gasteiger partial charge in [-0.1, -0.05) is 6.07 Å². The molecule has 4 heteroatoms. The summed E-state index contributed by atoms with van der Waals surface area (Å²) in [5, 5.41) is 0. The molecule has 1 amide bonds. The van der Waals surface area contributed by atoms with E-state index >= 15 is 0 Å². The Morgan fingerprint density at radius 3 is 2.68 bits per heavy atom. The number of hydrogen-bond donors (Lipinski definition) is 0. The molecule has 0 aliphatic carbocycles. The minimum Gasteiger partial charge on any atom is -0.497 e. The molecule has 0 unspecified atom stereocenters. The van der Waals surface area contributed by atoms with Crippen LogP contribution in [0.15, 0.2) is 24.3 Å². The normalized spacial score (nSPS) is 16.4. The molecule has 1 aromatic rings. The fourth-order valence-electron chi connectivity index (χ4n) is 2.48. The second-order valence-corrected chi connectivity index (χ2v) is 4.92. The number of amides is 1. The van der Waals surface area contributed by atoms with E-state index in [0.29, 0.717) is 11.5 Å². The van der Waals surface area contributed by atoms with Crippen LogP contribution in [0.25, 0.3) is 0 Å². The summed E-state index contributed by atoms with van der Waals surface area (Å²) in [6.45, 7) is 2.41. The largest absolute Gasteiger partial charge is 0.497 e. The zero-order valence-electron chi connectivity index (χ0n) is 11.6. The highest BCUT2D eigenvalue weighted by molar-refractivity contribution is 5.94. The van der Waals surface area contributed by atoms with Crippen molar-refractivity contribution in [3.8, 4) is 5.75 Å². The van der Waals surface area contributed by atoms with Crippen molar-refractivity contribution in [3.05, 3.63) is 29.8 Å². The molecule has 0 atom stereocenters. The Labute approximate surface area is 114 Å². The van der Waals surface area contributed by atoms with Crippen LogP contribution in [0.4, 0.5) is 0 Å². The highest BCUT2D eigenvalue weighted by Gasteiger charge is 2.23. The zero-order valence-corrected chi connectivity index (χ0v) is 11.6. The number of benzene rings is 1. The minimum absolute atomic E-state index is 0.0924. The summed E-state index contributed by atoms with van der Waals surface area (Å²) in [4.78, 5) is 14.3. The van der Waals surface area contributed by atoms with Gasteiger partial charge in [0.2, 0.25) is 0 Å². The number of nitrogens with zero attached hydrogens (tertiary/aromatic N) is 1. The van der Waals surface area contributed by atoms with Crippen LogP contribution in [0, 0.1) is 5.92 Å². The SMILES string of the molecule is COCC1CCN(C(=O)c2cccc(OC)c2)CC1. The van der Waals surface area contributed by atoms with Gasteiger partial charge in [0.25, 0.3) is 5.91 Å². The molecule has 0 spiro atoms. The van der Waals surface area contributed by atoms with Crippen molar-refractivity contribution < 1.29 is 14.3 Å². The van der Waals surface area contributed by atoms with Crippen LogP contribution in [0.3, 0.4) is 0 Å². The van der Waals surface area contributed by atoms with Gasteiger partial charge in [-0.25, -0.2) is 0 Å². The Kier molecular flexibility index (Phi) is 4.80. The van der Waals surface area contributed by atoms with Gasteiger partial charge < -0.3 is 14.4 Å². The Morgan fingerprint density at radius 2 is 2.05 bits per heavy atom. The summed E-state index contributed by atoms with van der Waals surface area (Å²) >= 11 is 0. The number of piperidine rings is 1. The van der Waals surface area contributed by atoms with E-state index in [1.54, 1.807) is 20.3 Å². The summed E-state index contributed by atoms with van der Waals surface area (Å²) in [6, 6.07) is 7.33. The lowest BCUT2D eigenvalue weighted by Crippen LogP contribution is -2.39. The molecule has 0 bridgehead atoms. The molecule has 0 N–H and O–H groups in total. The topological polar surface area (TPSA) is 38.8 Å². The maximum absolute atomic E-state index is 12.4. The minimum atomic E-state index is 0.0924. The maximum Gasteiger partial charge on any atom is 0.253 e. The maximum atomic E-state index is 12.4. The van der Waals surface area contributed by atoms with Gasteiger partial charge in [0.1, 0.15) is 5.75 Å². The third kappa shape index (κ3) is 3.47. The van der Waals surface area contributed by atoms with E-state index in [-0.39, 0.29) is 5.91 Å². The number of hydrogen-bond acceptors (Lipinski definition) is 3. The van der Waals surface area contributed by atoms with Crippen LogP contribution < -0.4 is 4.74 Å². The molecule has 104 valence electrons. The number of carbonyl (C=O) groups excluding carboxylic acids is 1. The van der Waals surface area contributed by atoms with Gasteiger partial charge in [0.15, 0.2) is 0 Å². The van der Waals surface area contributed by atoms with Gasteiger partial charge in [-0.15, -0.1) is 0 Å². The summed E-state index contributed by atoms with van der Waals surface area (Å²) in [6.07, 6.45) is 2.03. The zero-order chi connectivity index (χ0) is 13.7. The predicted octanol–water partition coefficient (Wildman–Crippen LogP) is 2.19. The molecule has 1 saturated heterocycles. The van der Waals surface area contributed by atoms with E-state index in [2.05, 4.69) is 0 Å². The van der Waals surface area contributed by atoms with Crippen molar-refractivity contribution in [2.45, 2.75) is 12.8 Å². The summed E-state index contributed by atoms with van der Waals surface area (Å²) in [7, 11) is 3.34. The molecular formula is C15H21NO3. The summed E-state index contributed by atoms with van der Waals surface area (Å²) < 4.78 is 10.3. The van der Waals surface area contributed by atoms with Crippen molar-refractivity contribution in [2.75, 3.05) is 33.9 Å². The smallest absolute Gasteiger partial charge is 0.253 e. The molecule has 1 aromatic carbocycles. The fraction of sp³-hybridized carbons (Fsp3) is 0.533. The van der Waals surface area contributed by atoms with Gasteiger partial charge >= 0.3 is 0 Å². The van der Waals surface area contributed by atoms with Gasteiger partial charge in [-0.2, -0.15) is 0 Å². The molecule has 1 heterocycles. The number of rotatable bonds is 4. The van der Waals surface area contributed by atoms with Gasteiger partial charge in [0.05, 0.1) is 7.11 Å². The van der Waals surface area contributed by atoms with Crippen LogP contribution >= 0.6 is 0 Å². The van der Waals surface area contributed by atoms with Crippen LogP contribution in [0.2, 0.25) is 0 Å². The van der Waals surface area contributed by atoms with E-state index in [9.17, 15) is 4.79 Å². The molecular weight excluding hydrogens is 242 g/mol. The number of carbonyl (C=O) groups is 1. The first-order valence-electron chi connectivity index (χ1n) is 6.67. The van der Waals surface area contributed by atoms with Crippen molar-refractivity contribution in [1.29, 1.82) is 0 Å². The summed E-state index contributed by atoms with van der Waals surface area (Å²) in [5.74, 6) is 1.40. The van der Waals surface area contributed by atoms with E-state index in [1.165, 1.54) is 0 Å². The quantitative estimate of drug-likeness (QED) is 0.836. The first-order valence-corrected chi connectivity index (χ1v) is 6.67. The molecule has 0 radical (unpaired) electrons. The van der Waals surface area contributed by atoms with Crippen molar-refractivity contribution >= 4 is 5.91 Å². The third-order valence-electron chi connectivity index (χ3n) is 3.62. The highest BCUT2D eigenvalue weighted by Crippen LogP contribution is 2.20. The average molecular weight is 263 g/mol. The fourth-order valence-corrected chi connectivity index (χ4v) is 2.48. The number of methoxy groups -OCH3 is 2. The van der Waals surface area contributed by atoms with E-state index in [0.717, 1.165) is 38.3 Å². The number of likely N-dealkylation sites (tertiary alicyclic amines) is 1. The lowest BCUT2D eigenvalue weighted by Gasteiger charge is -2.31. The Morgan fingerprint density at radius 1 is 1.32 bits per heavy atom. The summed E-state index contributed by atoms with van der Waals surface area (Å²) in [5.41, 5.74) is 0.699. The first kappa shape index (κ1) is 13.9. The first-order chi connectivity index (χ1) is 9.24. The Bertz CT molecular complexity index is 425.